The Morgan fingerprint density at radius 2 is 2.12 bits per heavy atom. The van der Waals surface area contributed by atoms with Crippen LogP contribution in [0.15, 0.2) is 12.1 Å². The smallest absolute Gasteiger partial charge is 0.305 e. The summed E-state index contributed by atoms with van der Waals surface area (Å²) in [6.45, 7) is 5.47. The second-order valence-corrected chi connectivity index (χ2v) is 7.74. The van der Waals surface area contributed by atoms with Crippen LogP contribution in [0.1, 0.15) is 69.1 Å². The first kappa shape index (κ1) is 19.2. The molecule has 144 valence electrons. The Morgan fingerprint density at radius 3 is 2.96 bits per heavy atom. The maximum atomic E-state index is 11.3. The van der Waals surface area contributed by atoms with E-state index in [0.717, 1.165) is 44.5 Å². The van der Waals surface area contributed by atoms with Crippen LogP contribution in [-0.2, 0) is 28.8 Å². The van der Waals surface area contributed by atoms with E-state index in [-0.39, 0.29) is 5.97 Å². The summed E-state index contributed by atoms with van der Waals surface area (Å²) in [5, 5.41) is 3.81. The van der Waals surface area contributed by atoms with Crippen molar-refractivity contribution in [1.82, 2.24) is 5.32 Å². The maximum absolute atomic E-state index is 11.3. The lowest BCUT2D eigenvalue weighted by Crippen LogP contribution is -2.40. The third-order valence-electron chi connectivity index (χ3n) is 5.58. The van der Waals surface area contributed by atoms with Crippen LogP contribution >= 0.6 is 0 Å². The molecule has 1 aromatic rings. The molecule has 3 rings (SSSR count). The standard InChI is InChI=1S/C22H33NO3/c1-3-25-22(24)8-6-4-5-7-16(2)23-20-10-9-17-13-18-11-12-26-21(18)15-19(17)14-20/h13,15-16,20,23H,3-12,14H2,1-2H3. The van der Waals surface area contributed by atoms with Crippen LogP contribution in [0, 0.1) is 0 Å². The Kier molecular flexibility index (Phi) is 6.95. The number of hydrogen-bond donors (Lipinski definition) is 1. The molecule has 4 heteroatoms. The summed E-state index contributed by atoms with van der Waals surface area (Å²) >= 11 is 0. The summed E-state index contributed by atoms with van der Waals surface area (Å²) in [4.78, 5) is 11.3. The van der Waals surface area contributed by atoms with Crippen molar-refractivity contribution in [3.63, 3.8) is 0 Å². The highest BCUT2D eigenvalue weighted by atomic mass is 16.5. The lowest BCUT2D eigenvalue weighted by Gasteiger charge is -2.29. The third-order valence-corrected chi connectivity index (χ3v) is 5.58. The molecule has 1 heterocycles. The molecule has 0 fully saturated rings. The van der Waals surface area contributed by atoms with Gasteiger partial charge in [-0.3, -0.25) is 4.79 Å². The monoisotopic (exact) mass is 359 g/mol. The van der Waals surface area contributed by atoms with Gasteiger partial charge in [-0.15, -0.1) is 0 Å². The van der Waals surface area contributed by atoms with Crippen LogP contribution in [0.5, 0.6) is 5.75 Å². The molecule has 2 atom stereocenters. The van der Waals surface area contributed by atoms with Gasteiger partial charge in [0.2, 0.25) is 0 Å². The zero-order valence-electron chi connectivity index (χ0n) is 16.3. The van der Waals surface area contributed by atoms with E-state index in [1.165, 1.54) is 36.0 Å². The van der Waals surface area contributed by atoms with Crippen LogP contribution in [0.3, 0.4) is 0 Å². The second kappa shape index (κ2) is 9.40. The highest BCUT2D eigenvalue weighted by molar-refractivity contribution is 5.69. The van der Waals surface area contributed by atoms with E-state index in [2.05, 4.69) is 24.4 Å². The van der Waals surface area contributed by atoms with Crippen molar-refractivity contribution in [2.45, 2.75) is 83.7 Å². The van der Waals surface area contributed by atoms with Gasteiger partial charge in [0.25, 0.3) is 0 Å². The largest absolute Gasteiger partial charge is 0.493 e. The van der Waals surface area contributed by atoms with Crippen molar-refractivity contribution >= 4 is 5.97 Å². The number of unbranched alkanes of at least 4 members (excludes halogenated alkanes) is 2. The molecule has 0 aromatic heterocycles. The number of rotatable bonds is 9. The Hall–Kier alpha value is -1.55. The molecule has 0 radical (unpaired) electrons. The number of fused-ring (bicyclic) bond motifs is 2. The van der Waals surface area contributed by atoms with Gasteiger partial charge < -0.3 is 14.8 Å². The summed E-state index contributed by atoms with van der Waals surface area (Å²) in [6.07, 6.45) is 9.50. The first-order chi connectivity index (χ1) is 12.7. The quantitative estimate of drug-likeness (QED) is 0.535. The summed E-state index contributed by atoms with van der Waals surface area (Å²) in [5.41, 5.74) is 4.39. The average molecular weight is 360 g/mol. The summed E-state index contributed by atoms with van der Waals surface area (Å²) < 4.78 is 10.7. The average Bonchev–Trinajstić information content (AvgIpc) is 3.07. The van der Waals surface area contributed by atoms with Gasteiger partial charge in [-0.25, -0.2) is 0 Å². The van der Waals surface area contributed by atoms with E-state index in [1.807, 2.05) is 6.92 Å². The zero-order valence-corrected chi connectivity index (χ0v) is 16.3. The number of benzene rings is 1. The third kappa shape index (κ3) is 5.23. The molecule has 2 unspecified atom stereocenters. The van der Waals surface area contributed by atoms with Gasteiger partial charge in [0.1, 0.15) is 5.75 Å². The fourth-order valence-electron chi connectivity index (χ4n) is 4.20. The number of esters is 1. The van der Waals surface area contributed by atoms with Crippen LogP contribution in [-0.4, -0.2) is 31.3 Å². The topological polar surface area (TPSA) is 47.6 Å². The van der Waals surface area contributed by atoms with Gasteiger partial charge in [0.05, 0.1) is 13.2 Å². The van der Waals surface area contributed by atoms with Gasteiger partial charge in [-0.05, 0) is 68.7 Å². The Morgan fingerprint density at radius 1 is 1.23 bits per heavy atom. The predicted octanol–water partition coefficient (Wildman–Crippen LogP) is 3.97. The van der Waals surface area contributed by atoms with E-state index >= 15 is 0 Å². The van der Waals surface area contributed by atoms with E-state index in [4.69, 9.17) is 9.47 Å². The molecule has 2 aliphatic rings. The fraction of sp³-hybridized carbons (Fsp3) is 0.682. The highest BCUT2D eigenvalue weighted by Crippen LogP contribution is 2.32. The van der Waals surface area contributed by atoms with Gasteiger partial charge in [0, 0.05) is 24.9 Å². The zero-order chi connectivity index (χ0) is 18.4. The van der Waals surface area contributed by atoms with Crippen LogP contribution in [0.4, 0.5) is 0 Å². The van der Waals surface area contributed by atoms with Crippen LogP contribution in [0.2, 0.25) is 0 Å². The molecular weight excluding hydrogens is 326 g/mol. The first-order valence-corrected chi connectivity index (χ1v) is 10.3. The molecule has 0 saturated carbocycles. The number of ether oxygens (including phenoxy) is 2. The van der Waals surface area contributed by atoms with Crippen LogP contribution in [0.25, 0.3) is 0 Å². The minimum Gasteiger partial charge on any atom is -0.493 e. The highest BCUT2D eigenvalue weighted by Gasteiger charge is 2.23. The Bertz CT molecular complexity index is 614. The lowest BCUT2D eigenvalue weighted by molar-refractivity contribution is -0.143. The molecular formula is C22H33NO3. The van der Waals surface area contributed by atoms with Crippen molar-refractivity contribution in [2.24, 2.45) is 0 Å². The molecule has 0 bridgehead atoms. The molecule has 0 spiro atoms. The fourth-order valence-corrected chi connectivity index (χ4v) is 4.20. The Labute approximate surface area is 157 Å². The summed E-state index contributed by atoms with van der Waals surface area (Å²) in [6, 6.07) is 5.75. The van der Waals surface area contributed by atoms with E-state index < -0.39 is 0 Å². The number of carbonyl (C=O) groups is 1. The van der Waals surface area contributed by atoms with Crippen molar-refractivity contribution in [2.75, 3.05) is 13.2 Å². The van der Waals surface area contributed by atoms with E-state index in [0.29, 0.717) is 25.1 Å². The summed E-state index contributed by atoms with van der Waals surface area (Å²) in [7, 11) is 0. The van der Waals surface area contributed by atoms with Crippen molar-refractivity contribution in [3.8, 4) is 5.75 Å². The van der Waals surface area contributed by atoms with E-state index in [1.54, 1.807) is 0 Å². The maximum Gasteiger partial charge on any atom is 0.305 e. The lowest BCUT2D eigenvalue weighted by atomic mass is 9.86. The molecule has 1 aromatic carbocycles. The molecule has 0 saturated heterocycles. The molecule has 0 amide bonds. The van der Waals surface area contributed by atoms with Gasteiger partial charge in [0.15, 0.2) is 0 Å². The number of nitrogens with one attached hydrogen (secondary N) is 1. The predicted molar refractivity (Wildman–Crippen MR) is 104 cm³/mol. The second-order valence-electron chi connectivity index (χ2n) is 7.74. The molecule has 1 aliphatic heterocycles. The van der Waals surface area contributed by atoms with Crippen molar-refractivity contribution < 1.29 is 14.3 Å². The van der Waals surface area contributed by atoms with Gasteiger partial charge >= 0.3 is 5.97 Å². The first-order valence-electron chi connectivity index (χ1n) is 10.3. The molecule has 26 heavy (non-hydrogen) atoms. The number of aryl methyl sites for hydroxylation is 1. The minimum atomic E-state index is -0.0602. The normalized spacial score (nSPS) is 19.4. The molecule has 4 nitrogen and oxygen atoms in total. The van der Waals surface area contributed by atoms with Crippen LogP contribution < -0.4 is 10.1 Å². The van der Waals surface area contributed by atoms with Crippen molar-refractivity contribution in [1.29, 1.82) is 0 Å². The van der Waals surface area contributed by atoms with E-state index in [9.17, 15) is 4.79 Å². The molecule has 1 N–H and O–H groups in total. The van der Waals surface area contributed by atoms with Gasteiger partial charge in [-0.1, -0.05) is 18.9 Å². The van der Waals surface area contributed by atoms with Gasteiger partial charge in [-0.2, -0.15) is 0 Å². The SMILES string of the molecule is CCOC(=O)CCCCCC(C)NC1CCc2cc3c(cc2C1)OCC3. The summed E-state index contributed by atoms with van der Waals surface area (Å²) in [5.74, 6) is 1.05. The van der Waals surface area contributed by atoms with Crippen molar-refractivity contribution in [3.05, 3.63) is 28.8 Å². The number of hydrogen-bond acceptors (Lipinski definition) is 4. The molecule has 1 aliphatic carbocycles. The number of carbonyl (C=O) groups excluding carboxylic acids is 1. The Balaban J connectivity index is 1.36. The minimum absolute atomic E-state index is 0.0602.